The van der Waals surface area contributed by atoms with Gasteiger partial charge in [0.15, 0.2) is 0 Å². The number of carbonyl (C=O) groups excluding carboxylic acids is 1. The van der Waals surface area contributed by atoms with Gasteiger partial charge in [-0.15, -0.1) is 0 Å². The molecule has 0 heterocycles. The largest absolute Gasteiger partial charge is 0.493 e. The van der Waals surface area contributed by atoms with Crippen molar-refractivity contribution in [2.75, 3.05) is 18.5 Å². The Morgan fingerprint density at radius 3 is 2.32 bits per heavy atom. The number of rotatable bonds is 11. The number of nitro groups is 1. The maximum absolute atomic E-state index is 12.0. The van der Waals surface area contributed by atoms with Crippen molar-refractivity contribution in [2.45, 2.75) is 71.6 Å². The smallest absolute Gasteiger partial charge is 0.411 e. The molecule has 2 rings (SSSR count). The molecule has 0 atom stereocenters. The molecule has 0 saturated heterocycles. The van der Waals surface area contributed by atoms with Crippen LogP contribution in [0.15, 0.2) is 36.4 Å². The summed E-state index contributed by atoms with van der Waals surface area (Å²) in [6, 6.07) is 10.4. The minimum Gasteiger partial charge on any atom is -0.493 e. The highest BCUT2D eigenvalue weighted by Crippen LogP contribution is 2.38. The number of hydrogen-bond donors (Lipinski definition) is 1. The molecule has 1 amide bonds. The molecule has 7 nitrogen and oxygen atoms in total. The average molecular weight is 491 g/mol. The summed E-state index contributed by atoms with van der Waals surface area (Å²) < 4.78 is 11.3. The standard InChI is InChI=1S/C26H35ClN2O5/c1-7-25(3,4)18-10-13-23(20(16-18)26(5,6)8-2)33-14-9-15-34-24(30)28-19-11-12-21(27)22(17-19)29(31)32/h10-13,16-17H,7-9,14-15H2,1-6H3,(H,28,30). The lowest BCUT2D eigenvalue weighted by Gasteiger charge is -2.30. The Labute approximate surface area is 206 Å². The van der Waals surface area contributed by atoms with E-state index in [-0.39, 0.29) is 33.8 Å². The molecule has 0 radical (unpaired) electrons. The Morgan fingerprint density at radius 1 is 1.03 bits per heavy atom. The van der Waals surface area contributed by atoms with Crippen molar-refractivity contribution in [3.63, 3.8) is 0 Å². The van der Waals surface area contributed by atoms with Gasteiger partial charge in [0, 0.05) is 18.1 Å². The summed E-state index contributed by atoms with van der Waals surface area (Å²) in [5.41, 5.74) is 2.47. The minimum atomic E-state index is -0.699. The van der Waals surface area contributed by atoms with Gasteiger partial charge in [-0.1, -0.05) is 65.3 Å². The van der Waals surface area contributed by atoms with Gasteiger partial charge in [-0.3, -0.25) is 15.4 Å². The second-order valence-corrected chi connectivity index (χ2v) is 9.98. The van der Waals surface area contributed by atoms with Gasteiger partial charge in [0.05, 0.1) is 23.8 Å². The van der Waals surface area contributed by atoms with Crippen LogP contribution in [0.25, 0.3) is 0 Å². The molecule has 2 aromatic rings. The summed E-state index contributed by atoms with van der Waals surface area (Å²) in [7, 11) is 0. The molecular formula is C26H35ClN2O5. The van der Waals surface area contributed by atoms with Crippen LogP contribution in [-0.4, -0.2) is 24.2 Å². The summed E-state index contributed by atoms with van der Waals surface area (Å²) >= 11 is 5.78. The van der Waals surface area contributed by atoms with Crippen LogP contribution in [0.4, 0.5) is 16.2 Å². The van der Waals surface area contributed by atoms with Crippen LogP contribution in [0.2, 0.25) is 5.02 Å². The molecule has 0 spiro atoms. The second kappa shape index (κ2) is 11.6. The highest BCUT2D eigenvalue weighted by atomic mass is 35.5. The van der Waals surface area contributed by atoms with Crippen molar-refractivity contribution < 1.29 is 19.2 Å². The Morgan fingerprint density at radius 2 is 1.71 bits per heavy atom. The second-order valence-electron chi connectivity index (χ2n) is 9.57. The third-order valence-electron chi connectivity index (χ3n) is 6.43. The molecule has 186 valence electrons. The molecule has 0 bridgehead atoms. The van der Waals surface area contributed by atoms with Crippen LogP contribution in [0.5, 0.6) is 5.75 Å². The fourth-order valence-electron chi connectivity index (χ4n) is 3.29. The summed E-state index contributed by atoms with van der Waals surface area (Å²) in [6.07, 6.45) is 1.83. The van der Waals surface area contributed by atoms with Gasteiger partial charge in [-0.05, 0) is 47.4 Å². The van der Waals surface area contributed by atoms with Gasteiger partial charge in [0.2, 0.25) is 0 Å². The Balaban J connectivity index is 1.94. The van der Waals surface area contributed by atoms with E-state index < -0.39 is 11.0 Å². The predicted molar refractivity (Wildman–Crippen MR) is 136 cm³/mol. The van der Waals surface area contributed by atoms with E-state index in [0.717, 1.165) is 18.6 Å². The number of nitrogens with zero attached hydrogens (tertiary/aromatic N) is 1. The number of carbonyl (C=O) groups is 1. The molecule has 2 aromatic carbocycles. The van der Waals surface area contributed by atoms with Gasteiger partial charge >= 0.3 is 6.09 Å². The van der Waals surface area contributed by atoms with Gasteiger partial charge in [0.25, 0.3) is 5.69 Å². The SMILES string of the molecule is CCC(C)(C)c1ccc(OCCCOC(=O)Nc2ccc(Cl)c([N+](=O)[O-])c2)c(C(C)(C)CC)c1. The quantitative estimate of drug-likeness (QED) is 0.198. The Bertz CT molecular complexity index is 1020. The fourth-order valence-corrected chi connectivity index (χ4v) is 3.48. The number of amides is 1. The number of nitrogens with one attached hydrogen (secondary N) is 1. The first kappa shape index (κ1) is 27.4. The van der Waals surface area contributed by atoms with Crippen molar-refractivity contribution in [1.29, 1.82) is 0 Å². The van der Waals surface area contributed by atoms with Gasteiger partial charge in [0.1, 0.15) is 10.8 Å². The van der Waals surface area contributed by atoms with Crippen molar-refractivity contribution in [3.05, 3.63) is 62.7 Å². The third-order valence-corrected chi connectivity index (χ3v) is 6.75. The zero-order chi connectivity index (χ0) is 25.5. The van der Waals surface area contributed by atoms with Crippen LogP contribution in [-0.2, 0) is 15.6 Å². The molecule has 8 heteroatoms. The first-order chi connectivity index (χ1) is 15.9. The zero-order valence-electron chi connectivity index (χ0n) is 20.9. The van der Waals surface area contributed by atoms with Crippen molar-refractivity contribution in [1.82, 2.24) is 0 Å². The average Bonchev–Trinajstić information content (AvgIpc) is 2.79. The van der Waals surface area contributed by atoms with Crippen LogP contribution < -0.4 is 10.1 Å². The molecular weight excluding hydrogens is 456 g/mol. The number of ether oxygens (including phenoxy) is 2. The fraction of sp³-hybridized carbons (Fsp3) is 0.500. The first-order valence-corrected chi connectivity index (χ1v) is 11.9. The number of hydrogen-bond acceptors (Lipinski definition) is 5. The van der Waals surface area contributed by atoms with E-state index in [9.17, 15) is 14.9 Å². The van der Waals surface area contributed by atoms with E-state index in [2.05, 4.69) is 59.0 Å². The topological polar surface area (TPSA) is 90.7 Å². The van der Waals surface area contributed by atoms with E-state index in [1.807, 2.05) is 6.07 Å². The number of anilines is 1. The molecule has 0 aromatic heterocycles. The Hall–Kier alpha value is -2.80. The molecule has 1 N–H and O–H groups in total. The van der Waals surface area contributed by atoms with Crippen LogP contribution in [0, 0.1) is 10.1 Å². The minimum absolute atomic E-state index is 0.00187. The number of nitro benzene ring substituents is 1. The summed E-state index contributed by atoms with van der Waals surface area (Å²) in [5, 5.41) is 13.4. The van der Waals surface area contributed by atoms with Gasteiger partial charge in [-0.2, -0.15) is 0 Å². The van der Waals surface area contributed by atoms with E-state index in [0.29, 0.717) is 13.0 Å². The number of halogens is 1. The van der Waals surface area contributed by atoms with Gasteiger partial charge in [-0.25, -0.2) is 4.79 Å². The van der Waals surface area contributed by atoms with E-state index in [1.165, 1.54) is 29.3 Å². The monoisotopic (exact) mass is 490 g/mol. The van der Waals surface area contributed by atoms with Crippen LogP contribution in [0.1, 0.15) is 71.9 Å². The van der Waals surface area contributed by atoms with Crippen molar-refractivity contribution >= 4 is 29.1 Å². The highest BCUT2D eigenvalue weighted by Gasteiger charge is 2.26. The predicted octanol–water partition coefficient (Wildman–Crippen LogP) is 7.64. The van der Waals surface area contributed by atoms with E-state index in [4.69, 9.17) is 21.1 Å². The normalized spacial score (nSPS) is 11.7. The molecule has 0 fully saturated rings. The highest BCUT2D eigenvalue weighted by molar-refractivity contribution is 6.32. The maximum Gasteiger partial charge on any atom is 0.411 e. The van der Waals surface area contributed by atoms with Crippen LogP contribution in [0.3, 0.4) is 0 Å². The molecule has 0 aliphatic carbocycles. The van der Waals surface area contributed by atoms with E-state index >= 15 is 0 Å². The molecule has 0 saturated carbocycles. The zero-order valence-corrected chi connectivity index (χ0v) is 21.6. The molecule has 0 aliphatic heterocycles. The molecule has 34 heavy (non-hydrogen) atoms. The van der Waals surface area contributed by atoms with Crippen molar-refractivity contribution in [3.8, 4) is 5.75 Å². The van der Waals surface area contributed by atoms with Crippen molar-refractivity contribution in [2.24, 2.45) is 0 Å². The third kappa shape index (κ3) is 7.10. The van der Waals surface area contributed by atoms with E-state index in [1.54, 1.807) is 0 Å². The van der Waals surface area contributed by atoms with Crippen LogP contribution >= 0.6 is 11.6 Å². The molecule has 0 aliphatic rings. The lowest BCUT2D eigenvalue weighted by atomic mass is 9.76. The summed E-state index contributed by atoms with van der Waals surface area (Å²) in [5.74, 6) is 0.848. The maximum atomic E-state index is 12.0. The number of benzene rings is 2. The van der Waals surface area contributed by atoms with Gasteiger partial charge < -0.3 is 9.47 Å². The lowest BCUT2D eigenvalue weighted by Crippen LogP contribution is -2.21. The lowest BCUT2D eigenvalue weighted by molar-refractivity contribution is -0.384. The first-order valence-electron chi connectivity index (χ1n) is 11.6. The molecule has 0 unspecified atom stereocenters. The summed E-state index contributed by atoms with van der Waals surface area (Å²) in [6.45, 7) is 13.8. The Kier molecular flexibility index (Phi) is 9.33. The summed E-state index contributed by atoms with van der Waals surface area (Å²) in [4.78, 5) is 22.4.